The molecule has 146 valence electrons. The number of hydrogen-bond acceptors (Lipinski definition) is 6. The van der Waals surface area contributed by atoms with Gasteiger partial charge >= 0.3 is 0 Å². The molecule has 0 radical (unpaired) electrons. The Kier molecular flexibility index (Phi) is 6.14. The van der Waals surface area contributed by atoms with Crippen molar-refractivity contribution in [3.8, 4) is 0 Å². The second-order valence-electron chi connectivity index (χ2n) is 6.75. The SMILES string of the molecule is COC1CCN(c2ccc(NC(=O)CSc3nc4ccccc4s3)cc2)CC1. The van der Waals surface area contributed by atoms with Crippen molar-refractivity contribution in [1.29, 1.82) is 0 Å². The molecule has 1 N–H and O–H groups in total. The van der Waals surface area contributed by atoms with Gasteiger partial charge in [0, 0.05) is 31.6 Å². The highest BCUT2D eigenvalue weighted by Crippen LogP contribution is 2.29. The van der Waals surface area contributed by atoms with Crippen LogP contribution in [-0.4, -0.2) is 42.9 Å². The lowest BCUT2D eigenvalue weighted by molar-refractivity contribution is -0.113. The number of fused-ring (bicyclic) bond motifs is 1. The fraction of sp³-hybridized carbons (Fsp3) is 0.333. The lowest BCUT2D eigenvalue weighted by Gasteiger charge is -2.33. The Balaban J connectivity index is 1.28. The minimum absolute atomic E-state index is 0.0158. The largest absolute Gasteiger partial charge is 0.381 e. The van der Waals surface area contributed by atoms with Gasteiger partial charge in [0.1, 0.15) is 0 Å². The van der Waals surface area contributed by atoms with Crippen molar-refractivity contribution in [3.63, 3.8) is 0 Å². The summed E-state index contributed by atoms with van der Waals surface area (Å²) in [5, 5.41) is 2.97. The second-order valence-corrected chi connectivity index (χ2v) is 9.01. The van der Waals surface area contributed by atoms with Gasteiger partial charge in [0.25, 0.3) is 0 Å². The number of thiazole rings is 1. The summed E-state index contributed by atoms with van der Waals surface area (Å²) in [6, 6.07) is 16.1. The van der Waals surface area contributed by atoms with Crippen LogP contribution in [0.1, 0.15) is 12.8 Å². The number of thioether (sulfide) groups is 1. The molecule has 0 unspecified atom stereocenters. The molecule has 0 atom stereocenters. The van der Waals surface area contributed by atoms with Gasteiger partial charge in [0.2, 0.25) is 5.91 Å². The van der Waals surface area contributed by atoms with Crippen LogP contribution >= 0.6 is 23.1 Å². The van der Waals surface area contributed by atoms with E-state index in [1.165, 1.54) is 17.4 Å². The number of para-hydroxylation sites is 1. The maximum absolute atomic E-state index is 12.3. The van der Waals surface area contributed by atoms with E-state index in [0.717, 1.165) is 46.2 Å². The summed E-state index contributed by atoms with van der Waals surface area (Å²) in [4.78, 5) is 19.2. The molecule has 1 amide bonds. The lowest BCUT2D eigenvalue weighted by Crippen LogP contribution is -2.36. The van der Waals surface area contributed by atoms with Crippen LogP contribution in [0.25, 0.3) is 10.2 Å². The fourth-order valence-corrected chi connectivity index (χ4v) is 5.21. The van der Waals surface area contributed by atoms with Gasteiger partial charge < -0.3 is 15.0 Å². The molecule has 0 aliphatic carbocycles. The highest BCUT2D eigenvalue weighted by molar-refractivity contribution is 8.01. The van der Waals surface area contributed by atoms with Crippen LogP contribution in [0.3, 0.4) is 0 Å². The molecule has 7 heteroatoms. The van der Waals surface area contributed by atoms with Crippen LogP contribution in [0.5, 0.6) is 0 Å². The van der Waals surface area contributed by atoms with Gasteiger partial charge in [-0.1, -0.05) is 23.9 Å². The fourth-order valence-electron chi connectivity index (χ4n) is 3.34. The zero-order valence-corrected chi connectivity index (χ0v) is 17.4. The van der Waals surface area contributed by atoms with Gasteiger partial charge in [0.05, 0.1) is 22.1 Å². The summed E-state index contributed by atoms with van der Waals surface area (Å²) in [6.07, 6.45) is 2.48. The predicted octanol–water partition coefficient (Wildman–Crippen LogP) is 4.64. The van der Waals surface area contributed by atoms with Gasteiger partial charge in [-0.25, -0.2) is 4.98 Å². The molecule has 1 saturated heterocycles. The molecular formula is C21H23N3O2S2. The van der Waals surface area contributed by atoms with E-state index >= 15 is 0 Å². The lowest BCUT2D eigenvalue weighted by atomic mass is 10.1. The van der Waals surface area contributed by atoms with Gasteiger partial charge in [-0.15, -0.1) is 11.3 Å². The molecule has 3 aromatic rings. The van der Waals surface area contributed by atoms with Crippen molar-refractivity contribution in [2.24, 2.45) is 0 Å². The number of anilines is 2. The molecule has 4 rings (SSSR count). The number of carbonyl (C=O) groups is 1. The number of methoxy groups -OCH3 is 1. The Hall–Kier alpha value is -2.09. The van der Waals surface area contributed by atoms with E-state index in [2.05, 4.69) is 33.4 Å². The molecule has 0 spiro atoms. The highest BCUT2D eigenvalue weighted by Gasteiger charge is 2.18. The van der Waals surface area contributed by atoms with Crippen molar-refractivity contribution in [3.05, 3.63) is 48.5 Å². The first-order valence-electron chi connectivity index (χ1n) is 9.37. The Morgan fingerprint density at radius 1 is 1.21 bits per heavy atom. The predicted molar refractivity (Wildman–Crippen MR) is 118 cm³/mol. The van der Waals surface area contributed by atoms with Crippen LogP contribution in [0.2, 0.25) is 0 Å². The van der Waals surface area contributed by atoms with Crippen LogP contribution in [0.15, 0.2) is 52.9 Å². The maximum atomic E-state index is 12.3. The number of rotatable bonds is 6. The first-order valence-corrected chi connectivity index (χ1v) is 11.2. The molecular weight excluding hydrogens is 390 g/mol. The third kappa shape index (κ3) is 4.66. The van der Waals surface area contributed by atoms with E-state index in [4.69, 9.17) is 4.74 Å². The highest BCUT2D eigenvalue weighted by atomic mass is 32.2. The molecule has 28 heavy (non-hydrogen) atoms. The summed E-state index contributed by atoms with van der Waals surface area (Å²) in [7, 11) is 1.78. The first kappa shape index (κ1) is 19.2. The van der Waals surface area contributed by atoms with Crippen LogP contribution in [-0.2, 0) is 9.53 Å². The number of carbonyl (C=O) groups excluding carboxylic acids is 1. The van der Waals surface area contributed by atoms with Crippen LogP contribution < -0.4 is 10.2 Å². The minimum atomic E-state index is -0.0158. The number of nitrogens with one attached hydrogen (secondary N) is 1. The molecule has 0 saturated carbocycles. The van der Waals surface area contributed by atoms with E-state index in [0.29, 0.717) is 11.9 Å². The Morgan fingerprint density at radius 2 is 1.96 bits per heavy atom. The molecule has 2 aromatic carbocycles. The second kappa shape index (κ2) is 8.94. The number of nitrogens with zero attached hydrogens (tertiary/aromatic N) is 2. The summed E-state index contributed by atoms with van der Waals surface area (Å²) in [5.74, 6) is 0.337. The molecule has 1 aliphatic rings. The van der Waals surface area contributed by atoms with Gasteiger partial charge in [-0.05, 0) is 49.2 Å². The zero-order valence-electron chi connectivity index (χ0n) is 15.8. The smallest absolute Gasteiger partial charge is 0.234 e. The number of hydrogen-bond donors (Lipinski definition) is 1. The number of aromatic nitrogens is 1. The van der Waals surface area contributed by atoms with Crippen molar-refractivity contribution in [1.82, 2.24) is 4.98 Å². The van der Waals surface area contributed by atoms with Crippen LogP contribution in [0.4, 0.5) is 11.4 Å². The van der Waals surface area contributed by atoms with Gasteiger partial charge in [-0.2, -0.15) is 0 Å². The summed E-state index contributed by atoms with van der Waals surface area (Å²) in [5.41, 5.74) is 3.00. The van der Waals surface area contributed by atoms with E-state index in [9.17, 15) is 4.79 Å². The summed E-state index contributed by atoms with van der Waals surface area (Å²) in [6.45, 7) is 2.01. The molecule has 1 fully saturated rings. The average molecular weight is 414 g/mol. The third-order valence-electron chi connectivity index (χ3n) is 4.89. The number of piperidine rings is 1. The Morgan fingerprint density at radius 3 is 2.68 bits per heavy atom. The normalized spacial score (nSPS) is 15.1. The van der Waals surface area contributed by atoms with Crippen molar-refractivity contribution < 1.29 is 9.53 Å². The van der Waals surface area contributed by atoms with E-state index < -0.39 is 0 Å². The molecule has 5 nitrogen and oxygen atoms in total. The number of amides is 1. The zero-order chi connectivity index (χ0) is 19.3. The average Bonchev–Trinajstić information content (AvgIpc) is 3.16. The summed E-state index contributed by atoms with van der Waals surface area (Å²) >= 11 is 3.10. The Bertz CT molecular complexity index is 901. The molecule has 2 heterocycles. The number of benzene rings is 2. The van der Waals surface area contributed by atoms with E-state index in [1.54, 1.807) is 18.4 Å². The van der Waals surface area contributed by atoms with Crippen LogP contribution in [0, 0.1) is 0 Å². The van der Waals surface area contributed by atoms with E-state index in [1.807, 2.05) is 30.3 Å². The monoisotopic (exact) mass is 413 g/mol. The van der Waals surface area contributed by atoms with E-state index in [-0.39, 0.29) is 5.91 Å². The van der Waals surface area contributed by atoms with Crippen molar-refractivity contribution >= 4 is 50.6 Å². The standard InChI is InChI=1S/C21H23N3O2S2/c1-26-17-10-12-24(13-11-17)16-8-6-15(7-9-16)22-20(25)14-27-21-23-18-4-2-3-5-19(18)28-21/h2-9,17H,10-14H2,1H3,(H,22,25). The van der Waals surface area contributed by atoms with Gasteiger partial charge in [0.15, 0.2) is 4.34 Å². The maximum Gasteiger partial charge on any atom is 0.234 e. The Labute approximate surface area is 173 Å². The molecule has 1 aliphatic heterocycles. The number of ether oxygens (including phenoxy) is 1. The van der Waals surface area contributed by atoms with Crippen molar-refractivity contribution in [2.45, 2.75) is 23.3 Å². The molecule has 0 bridgehead atoms. The van der Waals surface area contributed by atoms with Crippen molar-refractivity contribution in [2.75, 3.05) is 36.2 Å². The third-order valence-corrected chi connectivity index (χ3v) is 7.07. The summed E-state index contributed by atoms with van der Waals surface area (Å²) < 4.78 is 7.50. The minimum Gasteiger partial charge on any atom is -0.381 e. The topological polar surface area (TPSA) is 54.5 Å². The quantitative estimate of drug-likeness (QED) is 0.597. The molecule has 1 aromatic heterocycles. The van der Waals surface area contributed by atoms with Gasteiger partial charge in [-0.3, -0.25) is 4.79 Å². The first-order chi connectivity index (χ1) is 13.7.